The second-order valence-electron chi connectivity index (χ2n) is 6.08. The van der Waals surface area contributed by atoms with E-state index in [1.54, 1.807) is 42.7 Å². The number of nitrogens with one attached hydrogen (secondary N) is 1. The van der Waals surface area contributed by atoms with Crippen LogP contribution in [0.3, 0.4) is 0 Å². The van der Waals surface area contributed by atoms with Crippen LogP contribution >= 0.6 is 23.2 Å². The van der Waals surface area contributed by atoms with E-state index in [1.807, 2.05) is 0 Å². The van der Waals surface area contributed by atoms with Crippen LogP contribution in [-0.4, -0.2) is 25.9 Å². The van der Waals surface area contributed by atoms with E-state index in [9.17, 15) is 13.2 Å². The highest BCUT2D eigenvalue weighted by Crippen LogP contribution is 2.29. The van der Waals surface area contributed by atoms with Crippen LogP contribution in [0.2, 0.25) is 10.0 Å². The van der Waals surface area contributed by atoms with Gasteiger partial charge in [0.1, 0.15) is 6.54 Å². The number of anilines is 1. The summed E-state index contributed by atoms with van der Waals surface area (Å²) in [6.07, 6.45) is 3.23. The Balaban J connectivity index is 1.89. The third-order valence-corrected chi connectivity index (χ3v) is 6.22. The van der Waals surface area contributed by atoms with Gasteiger partial charge in [-0.05, 0) is 48.0 Å². The van der Waals surface area contributed by atoms with E-state index in [-0.39, 0.29) is 27.2 Å². The minimum absolute atomic E-state index is 0.0537. The number of pyridine rings is 1. The Bertz CT molecular complexity index is 1070. The molecule has 0 aliphatic rings. The highest BCUT2D eigenvalue weighted by atomic mass is 35.5. The summed E-state index contributed by atoms with van der Waals surface area (Å²) in [6.45, 7) is -0.185. The quantitative estimate of drug-likeness (QED) is 0.592. The van der Waals surface area contributed by atoms with Crippen molar-refractivity contribution >= 4 is 44.8 Å². The lowest BCUT2D eigenvalue weighted by Gasteiger charge is -2.24. The molecule has 6 nitrogen and oxygen atoms in total. The number of carbonyl (C=O) groups excluding carboxylic acids is 1. The fraction of sp³-hybridized carbons (Fsp3) is 0.100. The first-order chi connectivity index (χ1) is 13.9. The molecule has 1 N–H and O–H groups in total. The summed E-state index contributed by atoms with van der Waals surface area (Å²) in [7, 11) is -4.02. The van der Waals surface area contributed by atoms with Gasteiger partial charge in [0.05, 0.1) is 10.6 Å². The van der Waals surface area contributed by atoms with Gasteiger partial charge in [-0.25, -0.2) is 8.42 Å². The van der Waals surface area contributed by atoms with E-state index in [0.717, 1.165) is 9.87 Å². The van der Waals surface area contributed by atoms with Crippen molar-refractivity contribution in [2.75, 3.05) is 10.8 Å². The Morgan fingerprint density at radius 3 is 2.21 bits per heavy atom. The second-order valence-corrected chi connectivity index (χ2v) is 8.82. The molecule has 0 unspecified atom stereocenters. The summed E-state index contributed by atoms with van der Waals surface area (Å²) in [4.78, 5) is 16.5. The molecular formula is C20H17Cl2N3O3S. The van der Waals surface area contributed by atoms with Gasteiger partial charge in [-0.1, -0.05) is 41.4 Å². The third kappa shape index (κ3) is 5.47. The second kappa shape index (κ2) is 9.26. The van der Waals surface area contributed by atoms with E-state index in [1.165, 1.54) is 30.3 Å². The first kappa shape index (κ1) is 21.1. The lowest BCUT2D eigenvalue weighted by Crippen LogP contribution is -2.40. The van der Waals surface area contributed by atoms with Crippen LogP contribution in [0.15, 0.2) is 78.0 Å². The monoisotopic (exact) mass is 449 g/mol. The normalized spacial score (nSPS) is 11.1. The Kier molecular flexibility index (Phi) is 6.74. The zero-order valence-electron chi connectivity index (χ0n) is 15.1. The van der Waals surface area contributed by atoms with Crippen LogP contribution in [0.1, 0.15) is 5.56 Å². The van der Waals surface area contributed by atoms with Crippen molar-refractivity contribution in [3.8, 4) is 0 Å². The average Bonchev–Trinajstić information content (AvgIpc) is 2.71. The summed E-state index contributed by atoms with van der Waals surface area (Å²) < 4.78 is 27.4. The molecule has 0 aliphatic heterocycles. The van der Waals surface area contributed by atoms with Crippen molar-refractivity contribution in [1.82, 2.24) is 10.3 Å². The van der Waals surface area contributed by atoms with Crippen molar-refractivity contribution in [2.45, 2.75) is 11.4 Å². The van der Waals surface area contributed by atoms with Crippen LogP contribution in [0, 0.1) is 0 Å². The molecule has 150 valence electrons. The van der Waals surface area contributed by atoms with Crippen molar-refractivity contribution < 1.29 is 13.2 Å². The van der Waals surface area contributed by atoms with Gasteiger partial charge in [-0.3, -0.25) is 14.1 Å². The first-order valence-corrected chi connectivity index (χ1v) is 10.8. The number of nitrogens with zero attached hydrogens (tertiary/aromatic N) is 2. The topological polar surface area (TPSA) is 79.4 Å². The van der Waals surface area contributed by atoms with Crippen LogP contribution < -0.4 is 9.62 Å². The fourth-order valence-electron chi connectivity index (χ4n) is 2.61. The summed E-state index contributed by atoms with van der Waals surface area (Å²) in [6, 6.07) is 15.8. The van der Waals surface area contributed by atoms with Crippen LogP contribution in [-0.2, 0) is 21.4 Å². The molecule has 0 radical (unpaired) electrons. The highest BCUT2D eigenvalue weighted by Gasteiger charge is 2.27. The molecule has 0 fully saturated rings. The SMILES string of the molecule is O=C(CN(c1cc(Cl)cc(Cl)c1)S(=O)(=O)c1ccccc1)NCc1ccncc1. The van der Waals surface area contributed by atoms with E-state index in [2.05, 4.69) is 10.3 Å². The Morgan fingerprint density at radius 1 is 0.966 bits per heavy atom. The summed E-state index contributed by atoms with van der Waals surface area (Å²) >= 11 is 12.1. The molecule has 1 heterocycles. The predicted octanol–water partition coefficient (Wildman–Crippen LogP) is 3.90. The maximum atomic E-state index is 13.2. The van der Waals surface area contributed by atoms with E-state index < -0.39 is 22.5 Å². The minimum atomic E-state index is -4.02. The molecule has 0 bridgehead atoms. The van der Waals surface area contributed by atoms with Gasteiger partial charge in [-0.15, -0.1) is 0 Å². The van der Waals surface area contributed by atoms with E-state index in [0.29, 0.717) is 0 Å². The Morgan fingerprint density at radius 2 is 1.59 bits per heavy atom. The number of benzene rings is 2. The van der Waals surface area contributed by atoms with Gasteiger partial charge in [0.2, 0.25) is 5.91 Å². The molecular weight excluding hydrogens is 433 g/mol. The van der Waals surface area contributed by atoms with Crippen LogP contribution in [0.25, 0.3) is 0 Å². The molecule has 0 aliphatic carbocycles. The number of sulfonamides is 1. The summed E-state index contributed by atoms with van der Waals surface area (Å²) in [5.41, 5.74) is 1.04. The maximum absolute atomic E-state index is 13.2. The van der Waals surface area contributed by atoms with Crippen molar-refractivity contribution in [1.29, 1.82) is 0 Å². The number of aromatic nitrogens is 1. The highest BCUT2D eigenvalue weighted by molar-refractivity contribution is 7.92. The molecule has 29 heavy (non-hydrogen) atoms. The predicted molar refractivity (Wildman–Crippen MR) is 114 cm³/mol. The molecule has 0 spiro atoms. The Hall–Kier alpha value is -2.61. The number of halogens is 2. The average molecular weight is 450 g/mol. The number of amides is 1. The molecule has 0 atom stereocenters. The molecule has 9 heteroatoms. The number of rotatable bonds is 7. The van der Waals surface area contributed by atoms with Crippen molar-refractivity contribution in [3.63, 3.8) is 0 Å². The minimum Gasteiger partial charge on any atom is -0.350 e. The van der Waals surface area contributed by atoms with Crippen LogP contribution in [0.5, 0.6) is 0 Å². The van der Waals surface area contributed by atoms with Gasteiger partial charge in [0, 0.05) is 29.0 Å². The number of carbonyl (C=O) groups is 1. The largest absolute Gasteiger partial charge is 0.350 e. The zero-order chi connectivity index (χ0) is 20.9. The number of hydrogen-bond acceptors (Lipinski definition) is 4. The smallest absolute Gasteiger partial charge is 0.264 e. The molecule has 1 aromatic heterocycles. The molecule has 2 aromatic carbocycles. The van der Waals surface area contributed by atoms with Gasteiger partial charge in [0.15, 0.2) is 0 Å². The van der Waals surface area contributed by atoms with Crippen molar-refractivity contribution in [3.05, 3.63) is 88.7 Å². The summed E-state index contributed by atoms with van der Waals surface area (Å²) in [5.74, 6) is -0.475. The zero-order valence-corrected chi connectivity index (χ0v) is 17.5. The van der Waals surface area contributed by atoms with Crippen LogP contribution in [0.4, 0.5) is 5.69 Å². The first-order valence-electron chi connectivity index (χ1n) is 8.56. The van der Waals surface area contributed by atoms with Gasteiger partial charge >= 0.3 is 0 Å². The van der Waals surface area contributed by atoms with Gasteiger partial charge < -0.3 is 5.32 Å². The summed E-state index contributed by atoms with van der Waals surface area (Å²) in [5, 5.41) is 3.24. The molecule has 3 rings (SSSR count). The molecule has 1 amide bonds. The molecule has 0 saturated carbocycles. The maximum Gasteiger partial charge on any atom is 0.264 e. The molecule has 0 saturated heterocycles. The lowest BCUT2D eigenvalue weighted by molar-refractivity contribution is -0.119. The Labute approximate surface area is 179 Å². The standard InChI is InChI=1S/C20H17Cl2N3O3S/c21-16-10-17(22)12-18(11-16)25(29(27,28)19-4-2-1-3-5-19)14-20(26)24-13-15-6-8-23-9-7-15/h1-12H,13-14H2,(H,24,26). The van der Waals surface area contributed by atoms with E-state index in [4.69, 9.17) is 23.2 Å². The van der Waals surface area contributed by atoms with E-state index >= 15 is 0 Å². The van der Waals surface area contributed by atoms with Crippen molar-refractivity contribution in [2.24, 2.45) is 0 Å². The third-order valence-electron chi connectivity index (χ3n) is 3.99. The van der Waals surface area contributed by atoms with Gasteiger partial charge in [-0.2, -0.15) is 0 Å². The fourth-order valence-corrected chi connectivity index (χ4v) is 4.55. The van der Waals surface area contributed by atoms with Gasteiger partial charge in [0.25, 0.3) is 10.0 Å². The number of hydrogen-bond donors (Lipinski definition) is 1. The molecule has 3 aromatic rings. The lowest BCUT2D eigenvalue weighted by atomic mass is 10.2.